The molecule has 5 heteroatoms. The summed E-state index contributed by atoms with van der Waals surface area (Å²) in [5.41, 5.74) is 0.123. The molecule has 0 bridgehead atoms. The Hall–Kier alpha value is -1.91. The smallest absolute Gasteiger partial charge is 0.307 e. The van der Waals surface area contributed by atoms with E-state index in [-0.39, 0.29) is 23.0 Å². The molecular formula is C15H17FO4. The van der Waals surface area contributed by atoms with Crippen molar-refractivity contribution in [1.82, 2.24) is 0 Å². The summed E-state index contributed by atoms with van der Waals surface area (Å²) in [7, 11) is 1.40. The Morgan fingerprint density at radius 3 is 2.55 bits per heavy atom. The zero-order valence-electron chi connectivity index (χ0n) is 11.4. The third kappa shape index (κ3) is 2.66. The van der Waals surface area contributed by atoms with Crippen molar-refractivity contribution in [3.63, 3.8) is 0 Å². The zero-order chi connectivity index (χ0) is 14.9. The minimum atomic E-state index is -0.969. The molecule has 0 heterocycles. The summed E-state index contributed by atoms with van der Waals surface area (Å²) >= 11 is 0. The molecule has 0 spiro atoms. The van der Waals surface area contributed by atoms with Crippen LogP contribution in [0.1, 0.15) is 30.1 Å². The van der Waals surface area contributed by atoms with E-state index >= 15 is 0 Å². The van der Waals surface area contributed by atoms with E-state index in [0.717, 1.165) is 6.07 Å². The van der Waals surface area contributed by atoms with Gasteiger partial charge in [0.15, 0.2) is 5.78 Å². The molecule has 0 radical (unpaired) electrons. The average molecular weight is 280 g/mol. The van der Waals surface area contributed by atoms with Crippen molar-refractivity contribution in [1.29, 1.82) is 0 Å². The van der Waals surface area contributed by atoms with Gasteiger partial charge in [-0.2, -0.15) is 0 Å². The van der Waals surface area contributed by atoms with Gasteiger partial charge in [0.1, 0.15) is 11.6 Å². The number of ketones is 1. The van der Waals surface area contributed by atoms with Gasteiger partial charge in [0.25, 0.3) is 0 Å². The van der Waals surface area contributed by atoms with Crippen molar-refractivity contribution < 1.29 is 23.8 Å². The van der Waals surface area contributed by atoms with E-state index in [1.165, 1.54) is 19.2 Å². The molecule has 1 aliphatic carbocycles. The molecule has 0 aliphatic heterocycles. The number of carboxylic acids is 1. The highest BCUT2D eigenvalue weighted by Crippen LogP contribution is 2.39. The predicted octanol–water partition coefficient (Wildman–Crippen LogP) is 2.76. The molecule has 3 unspecified atom stereocenters. The van der Waals surface area contributed by atoms with E-state index in [4.69, 9.17) is 4.74 Å². The number of hydrogen-bond donors (Lipinski definition) is 1. The van der Waals surface area contributed by atoms with Crippen LogP contribution in [-0.4, -0.2) is 24.0 Å². The second-order valence-electron chi connectivity index (χ2n) is 5.34. The molecule has 0 saturated heterocycles. The zero-order valence-corrected chi connectivity index (χ0v) is 11.4. The summed E-state index contributed by atoms with van der Waals surface area (Å²) in [6, 6.07) is 3.71. The van der Waals surface area contributed by atoms with Crippen LogP contribution in [0.3, 0.4) is 0 Å². The van der Waals surface area contributed by atoms with Crippen LogP contribution in [0.2, 0.25) is 0 Å². The molecule has 1 fully saturated rings. The van der Waals surface area contributed by atoms with Crippen LogP contribution in [0.15, 0.2) is 18.2 Å². The highest BCUT2D eigenvalue weighted by atomic mass is 19.1. The maximum atomic E-state index is 13.3. The van der Waals surface area contributed by atoms with Gasteiger partial charge in [0.05, 0.1) is 18.6 Å². The lowest BCUT2D eigenvalue weighted by molar-refractivity contribution is -0.142. The Morgan fingerprint density at radius 1 is 1.30 bits per heavy atom. The molecule has 1 aromatic carbocycles. The van der Waals surface area contributed by atoms with Crippen LogP contribution in [-0.2, 0) is 4.79 Å². The summed E-state index contributed by atoms with van der Waals surface area (Å²) in [6.45, 7) is 1.92. The number of ether oxygens (including phenoxy) is 1. The fourth-order valence-corrected chi connectivity index (χ4v) is 2.93. The molecule has 4 nitrogen and oxygen atoms in total. The van der Waals surface area contributed by atoms with Crippen LogP contribution in [0.4, 0.5) is 4.39 Å². The summed E-state index contributed by atoms with van der Waals surface area (Å²) in [6.07, 6.45) is 0.985. The third-order valence-corrected chi connectivity index (χ3v) is 3.88. The maximum Gasteiger partial charge on any atom is 0.307 e. The number of carbonyl (C=O) groups is 2. The van der Waals surface area contributed by atoms with E-state index in [0.29, 0.717) is 12.8 Å². The minimum absolute atomic E-state index is 0.123. The molecule has 2 rings (SSSR count). The van der Waals surface area contributed by atoms with E-state index in [1.54, 1.807) is 0 Å². The summed E-state index contributed by atoms with van der Waals surface area (Å²) in [4.78, 5) is 23.8. The molecule has 1 N–H and O–H groups in total. The number of aliphatic carboxylic acids is 1. The maximum absolute atomic E-state index is 13.3. The quantitative estimate of drug-likeness (QED) is 0.861. The molecule has 1 saturated carbocycles. The number of carboxylic acid groups (broad SMARTS) is 1. The first-order valence-electron chi connectivity index (χ1n) is 6.54. The van der Waals surface area contributed by atoms with Crippen molar-refractivity contribution in [3.05, 3.63) is 29.6 Å². The van der Waals surface area contributed by atoms with Crippen molar-refractivity contribution >= 4 is 11.8 Å². The Morgan fingerprint density at radius 2 is 1.95 bits per heavy atom. The Bertz CT molecular complexity index is 541. The van der Waals surface area contributed by atoms with E-state index in [2.05, 4.69) is 0 Å². The van der Waals surface area contributed by atoms with Crippen molar-refractivity contribution in [2.45, 2.75) is 19.8 Å². The topological polar surface area (TPSA) is 63.6 Å². The Kier molecular flexibility index (Phi) is 4.06. The van der Waals surface area contributed by atoms with Gasteiger partial charge in [-0.05, 0) is 37.0 Å². The fraction of sp³-hybridized carbons (Fsp3) is 0.467. The van der Waals surface area contributed by atoms with Crippen LogP contribution < -0.4 is 4.74 Å². The van der Waals surface area contributed by atoms with Gasteiger partial charge in [-0.15, -0.1) is 0 Å². The number of halogens is 1. The van der Waals surface area contributed by atoms with Crippen LogP contribution in [0.25, 0.3) is 0 Å². The van der Waals surface area contributed by atoms with Crippen LogP contribution in [0, 0.1) is 23.6 Å². The standard InChI is InChI=1S/C15H17FO4/c1-8-5-10(11(6-8)15(18)19)14(17)12-7-9(16)3-4-13(12)20-2/h3-4,7-8,10-11H,5-6H2,1-2H3,(H,18,19). The highest BCUT2D eigenvalue weighted by molar-refractivity contribution is 6.02. The molecule has 3 atom stereocenters. The number of carbonyl (C=O) groups excluding carboxylic acids is 1. The average Bonchev–Trinajstić information content (AvgIpc) is 2.80. The Labute approximate surface area is 116 Å². The molecular weight excluding hydrogens is 263 g/mol. The summed E-state index contributed by atoms with van der Waals surface area (Å²) in [5, 5.41) is 9.22. The molecule has 108 valence electrons. The van der Waals surface area contributed by atoms with Crippen molar-refractivity contribution in [2.24, 2.45) is 17.8 Å². The second-order valence-corrected chi connectivity index (χ2v) is 5.34. The largest absolute Gasteiger partial charge is 0.496 e. The van der Waals surface area contributed by atoms with Crippen LogP contribution >= 0.6 is 0 Å². The molecule has 20 heavy (non-hydrogen) atoms. The van der Waals surface area contributed by atoms with E-state index in [1.807, 2.05) is 6.92 Å². The van der Waals surface area contributed by atoms with Gasteiger partial charge < -0.3 is 9.84 Å². The van der Waals surface area contributed by atoms with E-state index < -0.39 is 23.6 Å². The second kappa shape index (κ2) is 5.61. The highest BCUT2D eigenvalue weighted by Gasteiger charge is 2.42. The predicted molar refractivity (Wildman–Crippen MR) is 70.3 cm³/mol. The first kappa shape index (κ1) is 14.5. The monoisotopic (exact) mass is 280 g/mol. The molecule has 1 aliphatic rings. The Balaban J connectivity index is 2.35. The molecule has 0 aromatic heterocycles. The summed E-state index contributed by atoms with van der Waals surface area (Å²) in [5.74, 6) is -2.72. The number of hydrogen-bond acceptors (Lipinski definition) is 3. The lowest BCUT2D eigenvalue weighted by Crippen LogP contribution is -2.25. The van der Waals surface area contributed by atoms with Crippen molar-refractivity contribution in [3.8, 4) is 5.75 Å². The first-order valence-corrected chi connectivity index (χ1v) is 6.54. The fourth-order valence-electron chi connectivity index (χ4n) is 2.93. The number of benzene rings is 1. The first-order chi connectivity index (χ1) is 9.43. The lowest BCUT2D eigenvalue weighted by atomic mass is 9.88. The normalized spacial score (nSPS) is 25.4. The lowest BCUT2D eigenvalue weighted by Gasteiger charge is -2.16. The van der Waals surface area contributed by atoms with Gasteiger partial charge in [0, 0.05) is 5.92 Å². The van der Waals surface area contributed by atoms with Gasteiger partial charge >= 0.3 is 5.97 Å². The minimum Gasteiger partial charge on any atom is -0.496 e. The molecule has 1 aromatic rings. The van der Waals surface area contributed by atoms with E-state index in [9.17, 15) is 19.1 Å². The summed E-state index contributed by atoms with van der Waals surface area (Å²) < 4.78 is 18.4. The van der Waals surface area contributed by atoms with Gasteiger partial charge in [-0.25, -0.2) is 4.39 Å². The SMILES string of the molecule is COc1ccc(F)cc1C(=O)C1CC(C)CC1C(=O)O. The number of Topliss-reactive ketones (excluding diaryl/α,β-unsaturated/α-hetero) is 1. The third-order valence-electron chi connectivity index (χ3n) is 3.88. The van der Waals surface area contributed by atoms with Gasteiger partial charge in [-0.1, -0.05) is 6.92 Å². The number of rotatable bonds is 4. The number of methoxy groups -OCH3 is 1. The van der Waals surface area contributed by atoms with Gasteiger partial charge in [-0.3, -0.25) is 9.59 Å². The molecule has 0 amide bonds. The van der Waals surface area contributed by atoms with Crippen molar-refractivity contribution in [2.75, 3.05) is 7.11 Å². The van der Waals surface area contributed by atoms with Gasteiger partial charge in [0.2, 0.25) is 0 Å². The van der Waals surface area contributed by atoms with Crippen LogP contribution in [0.5, 0.6) is 5.75 Å².